The van der Waals surface area contributed by atoms with Gasteiger partial charge in [-0.2, -0.15) is 0 Å². The molecule has 26 heavy (non-hydrogen) atoms. The van der Waals surface area contributed by atoms with E-state index in [1.807, 2.05) is 42.6 Å². The maximum atomic E-state index is 12.7. The monoisotopic (exact) mass is 370 g/mol. The fourth-order valence-electron chi connectivity index (χ4n) is 2.51. The first-order valence-electron chi connectivity index (χ1n) is 8.63. The second kappa shape index (κ2) is 8.67. The van der Waals surface area contributed by atoms with Crippen LogP contribution < -0.4 is 4.74 Å². The molecule has 0 saturated carbocycles. The molecule has 1 amide bonds. The Kier molecular flexibility index (Phi) is 6.07. The van der Waals surface area contributed by atoms with Crippen molar-refractivity contribution in [2.45, 2.75) is 39.5 Å². The normalized spacial score (nSPS) is 11.9. The summed E-state index contributed by atoms with van der Waals surface area (Å²) in [5, 5.41) is 2.87. The van der Waals surface area contributed by atoms with Crippen LogP contribution in [0.15, 0.2) is 58.5 Å². The molecule has 1 atom stereocenters. The zero-order valence-electron chi connectivity index (χ0n) is 14.9. The lowest BCUT2D eigenvalue weighted by molar-refractivity contribution is 0.0636. The van der Waals surface area contributed by atoms with Gasteiger partial charge >= 0.3 is 0 Å². The molecule has 2 aromatic heterocycles. The highest BCUT2D eigenvalue weighted by atomic mass is 32.1. The van der Waals surface area contributed by atoms with Gasteiger partial charge in [-0.3, -0.25) is 4.79 Å². The van der Waals surface area contributed by atoms with Gasteiger partial charge < -0.3 is 14.1 Å². The predicted molar refractivity (Wildman–Crippen MR) is 101 cm³/mol. The number of nitrogens with zero attached hydrogens (tertiary/aromatic N) is 2. The van der Waals surface area contributed by atoms with Crippen LogP contribution in [0.5, 0.6) is 5.75 Å². The average molecular weight is 370 g/mol. The number of hydrogen-bond acceptors (Lipinski definition) is 5. The smallest absolute Gasteiger partial charge is 0.290 e. The number of rotatable bonds is 8. The summed E-state index contributed by atoms with van der Waals surface area (Å²) in [4.78, 5) is 19.1. The quantitative estimate of drug-likeness (QED) is 0.574. The average Bonchev–Trinajstić information content (AvgIpc) is 3.36. The predicted octanol–water partition coefficient (Wildman–Crippen LogP) is 4.76. The molecule has 0 saturated heterocycles. The topological polar surface area (TPSA) is 55.6 Å². The number of ether oxygens (including phenoxy) is 1. The molecule has 0 bridgehead atoms. The molecule has 0 aliphatic rings. The summed E-state index contributed by atoms with van der Waals surface area (Å²) in [6.45, 7) is 4.97. The van der Waals surface area contributed by atoms with Gasteiger partial charge in [0.15, 0.2) is 5.76 Å². The Morgan fingerprint density at radius 2 is 2.08 bits per heavy atom. The molecule has 6 heteroatoms. The highest BCUT2D eigenvalue weighted by Crippen LogP contribution is 2.19. The van der Waals surface area contributed by atoms with E-state index in [1.54, 1.807) is 28.4 Å². The van der Waals surface area contributed by atoms with Crippen LogP contribution in [0.4, 0.5) is 0 Å². The van der Waals surface area contributed by atoms with Crippen LogP contribution in [-0.2, 0) is 13.2 Å². The van der Waals surface area contributed by atoms with Gasteiger partial charge in [0.05, 0.1) is 18.5 Å². The van der Waals surface area contributed by atoms with E-state index >= 15 is 0 Å². The third-order valence-electron chi connectivity index (χ3n) is 4.15. The number of carbonyl (C=O) groups is 1. The molecule has 3 rings (SSSR count). The van der Waals surface area contributed by atoms with Gasteiger partial charge in [0.1, 0.15) is 17.4 Å². The van der Waals surface area contributed by atoms with Gasteiger partial charge in [-0.05, 0) is 37.6 Å². The fraction of sp³-hybridized carbons (Fsp3) is 0.300. The van der Waals surface area contributed by atoms with Crippen LogP contribution in [0.1, 0.15) is 41.5 Å². The number of thiazole rings is 1. The van der Waals surface area contributed by atoms with Gasteiger partial charge in [0.2, 0.25) is 0 Å². The van der Waals surface area contributed by atoms with E-state index in [0.717, 1.165) is 22.9 Å². The molecule has 0 aliphatic carbocycles. The van der Waals surface area contributed by atoms with E-state index in [9.17, 15) is 4.79 Å². The molecule has 0 N–H and O–H groups in total. The van der Waals surface area contributed by atoms with Gasteiger partial charge in [0.25, 0.3) is 5.91 Å². The highest BCUT2D eigenvalue weighted by Gasteiger charge is 2.23. The van der Waals surface area contributed by atoms with Crippen molar-refractivity contribution in [3.63, 3.8) is 0 Å². The van der Waals surface area contributed by atoms with Crippen LogP contribution in [-0.4, -0.2) is 21.8 Å². The number of amides is 1. The molecule has 1 aromatic carbocycles. The fourth-order valence-corrected chi connectivity index (χ4v) is 3.21. The summed E-state index contributed by atoms with van der Waals surface area (Å²) < 4.78 is 11.0. The van der Waals surface area contributed by atoms with Crippen molar-refractivity contribution in [2.75, 3.05) is 0 Å². The van der Waals surface area contributed by atoms with Crippen molar-refractivity contribution in [3.05, 3.63) is 70.6 Å². The van der Waals surface area contributed by atoms with Crippen LogP contribution in [0, 0.1) is 0 Å². The van der Waals surface area contributed by atoms with E-state index in [-0.39, 0.29) is 11.9 Å². The minimum Gasteiger partial charge on any atom is -0.486 e. The molecular formula is C20H22N2O3S. The molecule has 0 aliphatic heterocycles. The minimum atomic E-state index is -0.112. The highest BCUT2D eigenvalue weighted by molar-refractivity contribution is 7.09. The largest absolute Gasteiger partial charge is 0.486 e. The second-order valence-corrected chi connectivity index (χ2v) is 6.94. The number of furan rings is 1. The number of carbonyl (C=O) groups excluding carboxylic acids is 1. The first-order chi connectivity index (χ1) is 12.7. The van der Waals surface area contributed by atoms with Crippen LogP contribution in [0.2, 0.25) is 0 Å². The first kappa shape index (κ1) is 18.2. The molecule has 0 radical (unpaired) electrons. The molecule has 2 heterocycles. The van der Waals surface area contributed by atoms with Gasteiger partial charge in [-0.15, -0.1) is 11.3 Å². The van der Waals surface area contributed by atoms with E-state index in [2.05, 4.69) is 11.9 Å². The van der Waals surface area contributed by atoms with E-state index < -0.39 is 0 Å². The summed E-state index contributed by atoms with van der Waals surface area (Å²) in [5.74, 6) is 1.06. The maximum Gasteiger partial charge on any atom is 0.290 e. The molecule has 5 nitrogen and oxygen atoms in total. The van der Waals surface area contributed by atoms with Gasteiger partial charge in [0, 0.05) is 11.4 Å². The van der Waals surface area contributed by atoms with Crippen molar-refractivity contribution in [3.8, 4) is 5.75 Å². The molecular weight excluding hydrogens is 348 g/mol. The van der Waals surface area contributed by atoms with Crippen molar-refractivity contribution in [1.82, 2.24) is 9.88 Å². The van der Waals surface area contributed by atoms with Gasteiger partial charge in [-0.1, -0.05) is 25.1 Å². The van der Waals surface area contributed by atoms with Crippen molar-refractivity contribution in [1.29, 1.82) is 0 Å². The Labute approximate surface area is 157 Å². The number of benzene rings is 1. The molecule has 0 fully saturated rings. The minimum absolute atomic E-state index is 0.0957. The Balaban J connectivity index is 1.66. The SMILES string of the molecule is CCC(C)N(Cc1csc(COc2ccccc2)n1)C(=O)c1ccco1. The van der Waals surface area contributed by atoms with Crippen LogP contribution >= 0.6 is 11.3 Å². The van der Waals surface area contributed by atoms with E-state index in [1.165, 1.54) is 6.26 Å². The second-order valence-electron chi connectivity index (χ2n) is 6.00. The summed E-state index contributed by atoms with van der Waals surface area (Å²) in [6, 6.07) is 13.2. The summed E-state index contributed by atoms with van der Waals surface area (Å²) in [5.41, 5.74) is 0.863. The van der Waals surface area contributed by atoms with Crippen molar-refractivity contribution in [2.24, 2.45) is 0 Å². The van der Waals surface area contributed by atoms with Crippen LogP contribution in [0.25, 0.3) is 0 Å². The molecule has 1 unspecified atom stereocenters. The zero-order valence-corrected chi connectivity index (χ0v) is 15.7. The number of para-hydroxylation sites is 1. The molecule has 3 aromatic rings. The van der Waals surface area contributed by atoms with E-state index in [4.69, 9.17) is 9.15 Å². The molecule has 136 valence electrons. The maximum absolute atomic E-state index is 12.7. The lowest BCUT2D eigenvalue weighted by Crippen LogP contribution is -2.37. The zero-order chi connectivity index (χ0) is 18.4. The first-order valence-corrected chi connectivity index (χ1v) is 9.51. The lowest BCUT2D eigenvalue weighted by Gasteiger charge is -2.27. The summed E-state index contributed by atoms with van der Waals surface area (Å²) in [7, 11) is 0. The Bertz CT molecular complexity index is 815. The number of aromatic nitrogens is 1. The van der Waals surface area contributed by atoms with Gasteiger partial charge in [-0.25, -0.2) is 4.98 Å². The number of hydrogen-bond donors (Lipinski definition) is 0. The lowest BCUT2D eigenvalue weighted by atomic mass is 10.2. The Hall–Kier alpha value is -2.60. The Morgan fingerprint density at radius 3 is 2.77 bits per heavy atom. The van der Waals surface area contributed by atoms with Crippen molar-refractivity contribution >= 4 is 17.2 Å². The third-order valence-corrected chi connectivity index (χ3v) is 5.02. The van der Waals surface area contributed by atoms with Crippen LogP contribution in [0.3, 0.4) is 0 Å². The van der Waals surface area contributed by atoms with Crippen molar-refractivity contribution < 1.29 is 13.9 Å². The summed E-state index contributed by atoms with van der Waals surface area (Å²) in [6.07, 6.45) is 2.38. The van der Waals surface area contributed by atoms with E-state index in [0.29, 0.717) is 18.9 Å². The molecule has 0 spiro atoms. The third kappa shape index (κ3) is 4.52. The summed E-state index contributed by atoms with van der Waals surface area (Å²) >= 11 is 1.54. The standard InChI is InChI=1S/C20H22N2O3S/c1-3-15(2)22(20(23)18-10-7-11-24-18)12-16-14-26-19(21-16)13-25-17-8-5-4-6-9-17/h4-11,14-15H,3,12-13H2,1-2H3. The Morgan fingerprint density at radius 1 is 1.27 bits per heavy atom.